The van der Waals surface area contributed by atoms with Crippen LogP contribution in [-0.2, 0) is 13.1 Å². The highest BCUT2D eigenvalue weighted by molar-refractivity contribution is 14.0. The van der Waals surface area contributed by atoms with Crippen molar-refractivity contribution in [3.63, 3.8) is 0 Å². The number of benzene rings is 1. The van der Waals surface area contributed by atoms with Gasteiger partial charge in [-0.15, -0.1) is 24.0 Å². The van der Waals surface area contributed by atoms with Crippen LogP contribution in [0.4, 0.5) is 0 Å². The van der Waals surface area contributed by atoms with Crippen LogP contribution < -0.4 is 10.6 Å². The quantitative estimate of drug-likeness (QED) is 0.347. The largest absolute Gasteiger partial charge is 0.444 e. The first-order valence-electron chi connectivity index (χ1n) is 7.48. The molecule has 8 nitrogen and oxygen atoms in total. The number of guanidine groups is 1. The van der Waals surface area contributed by atoms with E-state index < -0.39 is 0 Å². The van der Waals surface area contributed by atoms with Gasteiger partial charge in [0.1, 0.15) is 6.26 Å². The molecule has 0 aliphatic heterocycles. The lowest BCUT2D eigenvalue weighted by Gasteiger charge is -2.08. The van der Waals surface area contributed by atoms with Gasteiger partial charge < -0.3 is 19.6 Å². The molecule has 25 heavy (non-hydrogen) atoms. The van der Waals surface area contributed by atoms with Gasteiger partial charge in [0.25, 0.3) is 0 Å². The van der Waals surface area contributed by atoms with Crippen molar-refractivity contribution in [2.45, 2.75) is 20.0 Å². The predicted molar refractivity (Wildman–Crippen MR) is 103 cm³/mol. The highest BCUT2D eigenvalue weighted by atomic mass is 127. The zero-order valence-corrected chi connectivity index (χ0v) is 16.2. The number of hydrogen-bond donors (Lipinski definition) is 2. The van der Waals surface area contributed by atoms with Gasteiger partial charge in [-0.3, -0.25) is 4.99 Å². The van der Waals surface area contributed by atoms with Gasteiger partial charge in [0, 0.05) is 19.5 Å². The summed E-state index contributed by atoms with van der Waals surface area (Å²) in [5.41, 5.74) is 1.73. The van der Waals surface area contributed by atoms with Crippen LogP contribution in [-0.4, -0.2) is 28.1 Å². The van der Waals surface area contributed by atoms with E-state index in [4.69, 9.17) is 8.94 Å². The van der Waals surface area contributed by atoms with Crippen molar-refractivity contribution >= 4 is 29.9 Å². The van der Waals surface area contributed by atoms with Crippen LogP contribution >= 0.6 is 24.0 Å². The van der Waals surface area contributed by atoms with E-state index in [1.165, 1.54) is 0 Å². The Morgan fingerprint density at radius 3 is 2.56 bits per heavy atom. The number of halogens is 1. The van der Waals surface area contributed by atoms with E-state index in [-0.39, 0.29) is 24.0 Å². The summed E-state index contributed by atoms with van der Waals surface area (Å²) < 4.78 is 10.4. The van der Waals surface area contributed by atoms with Crippen molar-refractivity contribution < 1.29 is 8.94 Å². The highest BCUT2D eigenvalue weighted by Gasteiger charge is 2.08. The Labute approximate surface area is 162 Å². The molecule has 0 fully saturated rings. The number of nitrogens with zero attached hydrogens (tertiary/aromatic N) is 4. The zero-order chi connectivity index (χ0) is 16.8. The molecule has 3 rings (SSSR count). The van der Waals surface area contributed by atoms with Crippen LogP contribution in [0.2, 0.25) is 0 Å². The van der Waals surface area contributed by atoms with Crippen molar-refractivity contribution in [1.29, 1.82) is 0 Å². The van der Waals surface area contributed by atoms with Crippen LogP contribution in [0, 0.1) is 6.92 Å². The van der Waals surface area contributed by atoms with E-state index in [1.54, 1.807) is 20.2 Å². The minimum absolute atomic E-state index is 0. The number of aryl methyl sites for hydroxylation is 1. The summed E-state index contributed by atoms with van der Waals surface area (Å²) >= 11 is 0. The third-order valence-corrected chi connectivity index (χ3v) is 3.22. The summed E-state index contributed by atoms with van der Waals surface area (Å²) in [7, 11) is 1.69. The van der Waals surface area contributed by atoms with Crippen molar-refractivity contribution in [2.75, 3.05) is 7.05 Å². The Morgan fingerprint density at radius 2 is 1.88 bits per heavy atom. The number of aromatic nitrogens is 3. The molecular formula is C16H19IN6O2. The molecule has 0 saturated heterocycles. The second kappa shape index (κ2) is 9.16. The van der Waals surface area contributed by atoms with Gasteiger partial charge in [-0.25, -0.2) is 4.98 Å². The lowest BCUT2D eigenvalue weighted by atomic mass is 10.2. The van der Waals surface area contributed by atoms with E-state index in [2.05, 4.69) is 30.8 Å². The molecule has 3 aromatic rings. The lowest BCUT2D eigenvalue weighted by molar-refractivity contribution is 0.387. The van der Waals surface area contributed by atoms with Gasteiger partial charge in [0.15, 0.2) is 11.8 Å². The average molecular weight is 454 g/mol. The molecule has 0 unspecified atom stereocenters. The van der Waals surface area contributed by atoms with Crippen LogP contribution in [0.1, 0.15) is 17.4 Å². The zero-order valence-electron chi connectivity index (χ0n) is 13.9. The fraction of sp³-hybridized carbons (Fsp3) is 0.250. The molecular weight excluding hydrogens is 435 g/mol. The maximum absolute atomic E-state index is 5.50. The van der Waals surface area contributed by atoms with Crippen molar-refractivity contribution in [3.8, 4) is 11.5 Å². The van der Waals surface area contributed by atoms with Gasteiger partial charge >= 0.3 is 0 Å². The first-order chi connectivity index (χ1) is 11.7. The summed E-state index contributed by atoms with van der Waals surface area (Å²) in [4.78, 5) is 12.7. The fourth-order valence-corrected chi connectivity index (χ4v) is 2.07. The topological polar surface area (TPSA) is 101 Å². The molecule has 1 aromatic carbocycles. The van der Waals surface area contributed by atoms with E-state index in [0.717, 1.165) is 11.3 Å². The summed E-state index contributed by atoms with van der Waals surface area (Å²) in [5, 5.41) is 10.1. The van der Waals surface area contributed by atoms with E-state index in [9.17, 15) is 0 Å². The molecule has 0 aliphatic rings. The molecule has 2 N–H and O–H groups in total. The minimum Gasteiger partial charge on any atom is -0.444 e. The maximum atomic E-state index is 5.50. The normalized spacial score (nSPS) is 11.0. The van der Waals surface area contributed by atoms with Crippen LogP contribution in [0.5, 0.6) is 0 Å². The first-order valence-corrected chi connectivity index (χ1v) is 7.48. The van der Waals surface area contributed by atoms with Crippen molar-refractivity contribution in [1.82, 2.24) is 25.8 Å². The Morgan fingerprint density at radius 1 is 1.12 bits per heavy atom. The minimum atomic E-state index is 0. The first kappa shape index (κ1) is 18.9. The van der Waals surface area contributed by atoms with Crippen molar-refractivity contribution in [2.24, 2.45) is 4.99 Å². The Balaban J connectivity index is 0.00000225. The lowest BCUT2D eigenvalue weighted by Crippen LogP contribution is -2.36. The second-order valence-electron chi connectivity index (χ2n) is 5.02. The molecule has 2 heterocycles. The Hall–Kier alpha value is -2.43. The third kappa shape index (κ3) is 5.28. The fourth-order valence-electron chi connectivity index (χ4n) is 2.07. The molecule has 0 atom stereocenters. The molecule has 2 aromatic heterocycles. The van der Waals surface area contributed by atoms with Crippen molar-refractivity contribution in [3.05, 3.63) is 54.0 Å². The smallest absolute Gasteiger partial charge is 0.226 e. The number of aliphatic imine (C=N–C) groups is 1. The van der Waals surface area contributed by atoms with Gasteiger partial charge in [0.2, 0.25) is 11.8 Å². The van der Waals surface area contributed by atoms with Gasteiger partial charge in [-0.1, -0.05) is 23.4 Å². The standard InChI is InChI=1S/C16H18N6O2.HI/c1-11-20-14(22-24-11)9-19-16(17-2)18-8-13-10-23-15(21-13)12-6-4-3-5-7-12;/h3-7,10H,8-9H2,1-2H3,(H2,17,18,19);1H. The van der Waals surface area contributed by atoms with E-state index in [1.807, 2.05) is 30.3 Å². The monoisotopic (exact) mass is 454 g/mol. The summed E-state index contributed by atoms with van der Waals surface area (Å²) in [6.45, 7) is 2.66. The molecule has 0 saturated carbocycles. The van der Waals surface area contributed by atoms with Crippen LogP contribution in [0.25, 0.3) is 11.5 Å². The average Bonchev–Trinajstić information content (AvgIpc) is 3.25. The SMILES string of the molecule is CN=C(NCc1coc(-c2ccccc2)n1)NCc1noc(C)n1.I. The molecule has 0 bridgehead atoms. The summed E-state index contributed by atoms with van der Waals surface area (Å²) in [6.07, 6.45) is 1.63. The van der Waals surface area contributed by atoms with Gasteiger partial charge in [-0.2, -0.15) is 4.98 Å². The Kier molecular flexibility index (Phi) is 6.92. The molecule has 9 heteroatoms. The second-order valence-corrected chi connectivity index (χ2v) is 5.02. The highest BCUT2D eigenvalue weighted by Crippen LogP contribution is 2.17. The Bertz CT molecular complexity index is 815. The number of nitrogens with one attached hydrogen (secondary N) is 2. The maximum Gasteiger partial charge on any atom is 0.226 e. The van der Waals surface area contributed by atoms with E-state index in [0.29, 0.717) is 36.7 Å². The summed E-state index contributed by atoms with van der Waals surface area (Å²) in [5.74, 6) is 2.31. The molecule has 0 aliphatic carbocycles. The molecule has 0 amide bonds. The van der Waals surface area contributed by atoms with Crippen LogP contribution in [0.3, 0.4) is 0 Å². The predicted octanol–water partition coefficient (Wildman–Crippen LogP) is 2.52. The van der Waals surface area contributed by atoms with Gasteiger partial charge in [0.05, 0.1) is 18.8 Å². The number of hydrogen-bond acceptors (Lipinski definition) is 6. The third-order valence-electron chi connectivity index (χ3n) is 3.22. The molecule has 0 spiro atoms. The molecule has 132 valence electrons. The number of rotatable bonds is 5. The van der Waals surface area contributed by atoms with E-state index >= 15 is 0 Å². The molecule has 0 radical (unpaired) electrons. The van der Waals surface area contributed by atoms with Crippen LogP contribution in [0.15, 0.2) is 50.5 Å². The van der Waals surface area contributed by atoms with Gasteiger partial charge in [-0.05, 0) is 12.1 Å². The summed E-state index contributed by atoms with van der Waals surface area (Å²) in [6, 6.07) is 9.76. The number of oxazole rings is 1.